The molecule has 1 saturated heterocycles. The maximum absolute atomic E-state index is 13.6. The number of rotatable bonds is 5. The van der Waals surface area contributed by atoms with E-state index in [-0.39, 0.29) is 11.1 Å². The number of morpholine rings is 1. The second-order valence-electron chi connectivity index (χ2n) is 6.68. The molecule has 0 saturated carbocycles. The molecule has 2 aromatic rings. The summed E-state index contributed by atoms with van der Waals surface area (Å²) in [6.45, 7) is 2.07. The first-order valence-corrected chi connectivity index (χ1v) is 9.17. The maximum Gasteiger partial charge on any atom is 0.412 e. The smallest absolute Gasteiger partial charge is 0.378 e. The second kappa shape index (κ2) is 9.25. The molecule has 1 aliphatic rings. The Kier molecular flexibility index (Phi) is 6.71. The summed E-state index contributed by atoms with van der Waals surface area (Å²) in [6.07, 6.45) is -2.98. The van der Waals surface area contributed by atoms with E-state index in [0.717, 1.165) is 24.3 Å². The summed E-state index contributed by atoms with van der Waals surface area (Å²) in [7, 11) is 0. The van der Waals surface area contributed by atoms with Crippen LogP contribution in [0.5, 0.6) is 0 Å². The molecule has 3 rings (SSSR count). The number of carbonyl (C=O) groups excluding carboxylic acids is 1. The van der Waals surface area contributed by atoms with Crippen LogP contribution in [0.25, 0.3) is 6.08 Å². The molecule has 1 unspecified atom stereocenters. The van der Waals surface area contributed by atoms with Crippen LogP contribution in [0.15, 0.2) is 48.5 Å². The number of nitrogens with zero attached hydrogens (tertiary/aromatic N) is 1. The van der Waals surface area contributed by atoms with Crippen LogP contribution in [-0.2, 0) is 9.53 Å². The second-order valence-corrected chi connectivity index (χ2v) is 6.68. The molecule has 4 nitrogen and oxygen atoms in total. The molecule has 0 bridgehead atoms. The van der Waals surface area contributed by atoms with Crippen molar-refractivity contribution in [1.29, 1.82) is 0 Å². The lowest BCUT2D eigenvalue weighted by Crippen LogP contribution is -2.38. The first kappa shape index (κ1) is 21.8. The average Bonchev–Trinajstić information content (AvgIpc) is 2.71. The third-order valence-corrected chi connectivity index (χ3v) is 4.57. The molecule has 1 N–H and O–H groups in total. The molecule has 9 heteroatoms. The Bertz CT molecular complexity index is 924. The molecular formula is C21H19F5N2O2. The standard InChI is InChI=1S/C21H19F5N2O2/c22-16-6-4-14(18(23)13-16)5-7-19(29)27-20(21(24,25)26)15-2-1-3-17(12-15)28-8-10-30-11-9-28/h1-7,12-13,20H,8-11H2,(H,27,29)/b7-5+. The van der Waals surface area contributed by atoms with Crippen LogP contribution in [0.3, 0.4) is 0 Å². The zero-order chi connectivity index (χ0) is 21.7. The van der Waals surface area contributed by atoms with Crippen molar-refractivity contribution in [2.24, 2.45) is 0 Å². The van der Waals surface area contributed by atoms with Gasteiger partial charge in [-0.1, -0.05) is 12.1 Å². The van der Waals surface area contributed by atoms with Gasteiger partial charge in [-0.05, 0) is 35.9 Å². The molecule has 1 fully saturated rings. The predicted octanol–water partition coefficient (Wildman–Crippen LogP) is 4.23. The molecule has 1 atom stereocenters. The Morgan fingerprint density at radius 2 is 1.83 bits per heavy atom. The number of nitrogens with one attached hydrogen (secondary N) is 1. The zero-order valence-electron chi connectivity index (χ0n) is 15.8. The highest BCUT2D eigenvalue weighted by Crippen LogP contribution is 2.34. The van der Waals surface area contributed by atoms with Crippen molar-refractivity contribution in [3.05, 3.63) is 71.3 Å². The number of amides is 1. The summed E-state index contributed by atoms with van der Waals surface area (Å²) in [4.78, 5) is 14.0. The Labute approximate surface area is 169 Å². The number of hydrogen-bond donors (Lipinski definition) is 1. The Balaban J connectivity index is 1.78. The average molecular weight is 426 g/mol. The van der Waals surface area contributed by atoms with Gasteiger partial charge < -0.3 is 15.0 Å². The van der Waals surface area contributed by atoms with E-state index in [2.05, 4.69) is 0 Å². The molecule has 160 valence electrons. The largest absolute Gasteiger partial charge is 0.412 e. The third-order valence-electron chi connectivity index (χ3n) is 4.57. The molecule has 1 aliphatic heterocycles. The van der Waals surface area contributed by atoms with Crippen molar-refractivity contribution in [1.82, 2.24) is 5.32 Å². The molecule has 30 heavy (non-hydrogen) atoms. The van der Waals surface area contributed by atoms with Gasteiger partial charge in [0.25, 0.3) is 0 Å². The van der Waals surface area contributed by atoms with Gasteiger partial charge in [0.1, 0.15) is 11.6 Å². The molecule has 0 aromatic heterocycles. The quantitative estimate of drug-likeness (QED) is 0.575. The van der Waals surface area contributed by atoms with Crippen LogP contribution in [-0.4, -0.2) is 38.4 Å². The summed E-state index contributed by atoms with van der Waals surface area (Å²) >= 11 is 0. The molecule has 1 heterocycles. The van der Waals surface area contributed by atoms with Crippen molar-refractivity contribution >= 4 is 17.7 Å². The number of halogens is 5. The van der Waals surface area contributed by atoms with E-state index in [1.54, 1.807) is 6.07 Å². The van der Waals surface area contributed by atoms with Crippen LogP contribution < -0.4 is 10.2 Å². The molecule has 0 spiro atoms. The van der Waals surface area contributed by atoms with Gasteiger partial charge >= 0.3 is 6.18 Å². The topological polar surface area (TPSA) is 41.6 Å². The summed E-state index contributed by atoms with van der Waals surface area (Å²) in [5.41, 5.74) is 0.355. The van der Waals surface area contributed by atoms with Gasteiger partial charge in [0.15, 0.2) is 6.04 Å². The fraction of sp³-hybridized carbons (Fsp3) is 0.286. The first-order chi connectivity index (χ1) is 14.2. The van der Waals surface area contributed by atoms with Crippen molar-refractivity contribution in [3.63, 3.8) is 0 Å². The number of alkyl halides is 3. The lowest BCUT2D eigenvalue weighted by Gasteiger charge is -2.30. The summed E-state index contributed by atoms with van der Waals surface area (Å²) in [6, 6.07) is 6.30. The van der Waals surface area contributed by atoms with E-state index in [4.69, 9.17) is 4.74 Å². The van der Waals surface area contributed by atoms with Crippen molar-refractivity contribution in [3.8, 4) is 0 Å². The van der Waals surface area contributed by atoms with E-state index in [1.807, 2.05) is 10.2 Å². The normalized spacial score (nSPS) is 16.0. The maximum atomic E-state index is 13.6. The molecule has 0 aliphatic carbocycles. The van der Waals surface area contributed by atoms with E-state index in [1.165, 1.54) is 18.2 Å². The minimum atomic E-state index is -4.74. The first-order valence-electron chi connectivity index (χ1n) is 9.17. The van der Waals surface area contributed by atoms with Crippen molar-refractivity contribution in [2.45, 2.75) is 12.2 Å². The van der Waals surface area contributed by atoms with Gasteiger partial charge in [-0.25, -0.2) is 8.78 Å². The summed E-state index contributed by atoms with van der Waals surface area (Å²) in [5, 5.41) is 1.91. The SMILES string of the molecule is O=C(/C=C/c1ccc(F)cc1F)NC(c1cccc(N2CCOCC2)c1)C(F)(F)F. The summed E-state index contributed by atoms with van der Waals surface area (Å²) < 4.78 is 72.7. The number of hydrogen-bond acceptors (Lipinski definition) is 3. The Morgan fingerprint density at radius 3 is 2.50 bits per heavy atom. The van der Waals surface area contributed by atoms with E-state index >= 15 is 0 Å². The monoisotopic (exact) mass is 426 g/mol. The zero-order valence-corrected chi connectivity index (χ0v) is 15.8. The van der Waals surface area contributed by atoms with Crippen LogP contribution in [0.1, 0.15) is 17.2 Å². The number of benzene rings is 2. The van der Waals surface area contributed by atoms with Gasteiger partial charge in [0.2, 0.25) is 5.91 Å². The fourth-order valence-corrected chi connectivity index (χ4v) is 3.07. The highest BCUT2D eigenvalue weighted by molar-refractivity contribution is 5.92. The molecule has 1 amide bonds. The van der Waals surface area contributed by atoms with Crippen molar-refractivity contribution in [2.75, 3.05) is 31.2 Å². The summed E-state index contributed by atoms with van der Waals surface area (Å²) in [5.74, 6) is -2.78. The number of ether oxygens (including phenoxy) is 1. The van der Waals surface area contributed by atoms with Gasteiger partial charge in [-0.3, -0.25) is 4.79 Å². The van der Waals surface area contributed by atoms with Gasteiger partial charge in [0.05, 0.1) is 13.2 Å². The minimum Gasteiger partial charge on any atom is -0.378 e. The number of anilines is 1. The third kappa shape index (κ3) is 5.56. The van der Waals surface area contributed by atoms with Crippen LogP contribution >= 0.6 is 0 Å². The minimum absolute atomic E-state index is 0.121. The molecule has 2 aromatic carbocycles. The van der Waals surface area contributed by atoms with E-state index in [9.17, 15) is 26.7 Å². The fourth-order valence-electron chi connectivity index (χ4n) is 3.07. The van der Waals surface area contributed by atoms with Crippen LogP contribution in [0.4, 0.5) is 27.6 Å². The van der Waals surface area contributed by atoms with Gasteiger partial charge in [-0.15, -0.1) is 0 Å². The van der Waals surface area contributed by atoms with Gasteiger partial charge in [-0.2, -0.15) is 13.2 Å². The Hall–Kier alpha value is -2.94. The Morgan fingerprint density at radius 1 is 1.10 bits per heavy atom. The highest BCUT2D eigenvalue weighted by atomic mass is 19.4. The number of carbonyl (C=O) groups is 1. The van der Waals surface area contributed by atoms with E-state index < -0.39 is 29.8 Å². The highest BCUT2D eigenvalue weighted by Gasteiger charge is 2.41. The lowest BCUT2D eigenvalue weighted by atomic mass is 10.0. The van der Waals surface area contributed by atoms with Gasteiger partial charge in [0, 0.05) is 36.5 Å². The van der Waals surface area contributed by atoms with Crippen LogP contribution in [0.2, 0.25) is 0 Å². The van der Waals surface area contributed by atoms with E-state index in [0.29, 0.717) is 38.1 Å². The predicted molar refractivity (Wildman–Crippen MR) is 102 cm³/mol. The molecule has 0 radical (unpaired) electrons. The van der Waals surface area contributed by atoms with Crippen LogP contribution in [0, 0.1) is 11.6 Å². The molecular weight excluding hydrogens is 407 g/mol. The lowest BCUT2D eigenvalue weighted by molar-refractivity contribution is -0.162. The van der Waals surface area contributed by atoms with Crippen molar-refractivity contribution < 1.29 is 31.5 Å².